The average Bonchev–Trinajstić information content (AvgIpc) is 2.60. The Kier molecular flexibility index (Phi) is 6.60. The van der Waals surface area contributed by atoms with Crippen molar-refractivity contribution in [1.29, 1.82) is 0 Å². The quantitative estimate of drug-likeness (QED) is 0.283. The Labute approximate surface area is 160 Å². The van der Waals surface area contributed by atoms with Crippen LogP contribution in [0.4, 0.5) is 17.8 Å². The van der Waals surface area contributed by atoms with Gasteiger partial charge in [-0.2, -0.15) is 15.0 Å². The first kappa shape index (κ1) is 20.0. The Hall–Kier alpha value is -1.79. The number of hydrogen-bond acceptors (Lipinski definition) is 11. The van der Waals surface area contributed by atoms with Crippen LogP contribution >= 0.6 is 0 Å². The fourth-order valence-corrected chi connectivity index (χ4v) is 3.70. The molecule has 0 saturated carbocycles. The van der Waals surface area contributed by atoms with Crippen LogP contribution in [0.3, 0.4) is 0 Å². The highest BCUT2D eigenvalue weighted by Gasteiger charge is 2.28. The first-order valence-corrected chi connectivity index (χ1v) is 9.66. The highest BCUT2D eigenvalue weighted by molar-refractivity contribution is 5.46. The molecule has 0 aromatic carbocycles. The van der Waals surface area contributed by atoms with E-state index in [0.717, 1.165) is 19.3 Å². The molecule has 1 aromatic heterocycles. The van der Waals surface area contributed by atoms with E-state index in [1.807, 2.05) is 9.80 Å². The fraction of sp³-hybridized carbons (Fsp3) is 0.812. The molecule has 11 heteroatoms. The van der Waals surface area contributed by atoms with Gasteiger partial charge in [-0.05, 0) is 25.8 Å². The summed E-state index contributed by atoms with van der Waals surface area (Å²) in [5.74, 6) is 1.67. The van der Waals surface area contributed by atoms with Crippen molar-refractivity contribution >= 4 is 17.8 Å². The maximum atomic E-state index is 6.14. The van der Waals surface area contributed by atoms with Gasteiger partial charge in [0.2, 0.25) is 17.8 Å². The molecular formula is C16H33N11. The summed E-state index contributed by atoms with van der Waals surface area (Å²) in [7, 11) is 0. The second kappa shape index (κ2) is 8.93. The smallest absolute Gasteiger partial charge is 0.232 e. The summed E-state index contributed by atoms with van der Waals surface area (Å²) in [6.07, 6.45) is 2.42. The molecular weight excluding hydrogens is 346 g/mol. The van der Waals surface area contributed by atoms with Gasteiger partial charge in [-0.3, -0.25) is 0 Å². The topological polar surface area (TPSA) is 187 Å². The standard InChI is InChI=1S/C16H33N11/c17-2-1-3-22-14-23-15(26-6-10(18)4-11(19)7-26)25-16(24-14)27-8-12(20)5-13(21)9-27/h10-13H,1-9,17-21H2,(H,22,23,24,25). The molecule has 11 N–H and O–H groups in total. The van der Waals surface area contributed by atoms with Crippen LogP contribution in [-0.4, -0.2) is 78.4 Å². The minimum atomic E-state index is -0.000513. The summed E-state index contributed by atoms with van der Waals surface area (Å²) < 4.78 is 0. The predicted molar refractivity (Wildman–Crippen MR) is 108 cm³/mol. The van der Waals surface area contributed by atoms with Crippen LogP contribution in [0.5, 0.6) is 0 Å². The second-order valence-electron chi connectivity index (χ2n) is 7.65. The minimum Gasteiger partial charge on any atom is -0.354 e. The summed E-state index contributed by atoms with van der Waals surface area (Å²) >= 11 is 0. The lowest BCUT2D eigenvalue weighted by atomic mass is 10.0. The van der Waals surface area contributed by atoms with Crippen LogP contribution in [0.15, 0.2) is 0 Å². The molecule has 4 unspecified atom stereocenters. The van der Waals surface area contributed by atoms with Gasteiger partial charge in [0, 0.05) is 56.9 Å². The molecule has 27 heavy (non-hydrogen) atoms. The van der Waals surface area contributed by atoms with Crippen molar-refractivity contribution in [2.75, 3.05) is 54.4 Å². The molecule has 0 aliphatic carbocycles. The lowest BCUT2D eigenvalue weighted by Gasteiger charge is -2.37. The number of nitrogens with zero attached hydrogens (tertiary/aromatic N) is 5. The Balaban J connectivity index is 1.86. The molecule has 0 bridgehead atoms. The first-order chi connectivity index (χ1) is 12.9. The van der Waals surface area contributed by atoms with Gasteiger partial charge < -0.3 is 43.8 Å². The minimum absolute atomic E-state index is 0.000513. The van der Waals surface area contributed by atoms with Crippen molar-refractivity contribution < 1.29 is 0 Å². The van der Waals surface area contributed by atoms with Crippen LogP contribution in [0.2, 0.25) is 0 Å². The van der Waals surface area contributed by atoms with E-state index in [9.17, 15) is 0 Å². The lowest BCUT2D eigenvalue weighted by Crippen LogP contribution is -2.54. The fourth-order valence-electron chi connectivity index (χ4n) is 3.70. The third-order valence-corrected chi connectivity index (χ3v) is 4.87. The van der Waals surface area contributed by atoms with Crippen molar-refractivity contribution in [1.82, 2.24) is 15.0 Å². The summed E-state index contributed by atoms with van der Waals surface area (Å²) in [4.78, 5) is 17.9. The maximum Gasteiger partial charge on any atom is 0.232 e. The van der Waals surface area contributed by atoms with Gasteiger partial charge in [0.05, 0.1) is 0 Å². The van der Waals surface area contributed by atoms with Gasteiger partial charge in [-0.15, -0.1) is 0 Å². The molecule has 0 amide bonds. The summed E-state index contributed by atoms with van der Waals surface area (Å²) in [6, 6.07) is -0.00205. The lowest BCUT2D eigenvalue weighted by molar-refractivity contribution is 0.441. The summed E-state index contributed by atoms with van der Waals surface area (Å²) in [5, 5.41) is 3.23. The molecule has 2 aliphatic heterocycles. The number of aromatic nitrogens is 3. The van der Waals surface area contributed by atoms with Crippen LogP contribution in [-0.2, 0) is 0 Å². The number of piperidine rings is 2. The molecule has 11 nitrogen and oxygen atoms in total. The van der Waals surface area contributed by atoms with E-state index in [0.29, 0.717) is 57.1 Å². The molecule has 2 saturated heterocycles. The van der Waals surface area contributed by atoms with E-state index in [2.05, 4.69) is 20.3 Å². The van der Waals surface area contributed by atoms with Gasteiger partial charge in [0.15, 0.2) is 0 Å². The highest BCUT2D eigenvalue weighted by atomic mass is 15.4. The van der Waals surface area contributed by atoms with E-state index in [1.54, 1.807) is 0 Å². The van der Waals surface area contributed by atoms with Crippen molar-refractivity contribution in [3.63, 3.8) is 0 Å². The van der Waals surface area contributed by atoms with Gasteiger partial charge in [0.1, 0.15) is 0 Å². The van der Waals surface area contributed by atoms with Crippen molar-refractivity contribution in [2.24, 2.45) is 28.7 Å². The van der Waals surface area contributed by atoms with E-state index < -0.39 is 0 Å². The number of rotatable bonds is 6. The van der Waals surface area contributed by atoms with Crippen molar-refractivity contribution in [2.45, 2.75) is 43.4 Å². The average molecular weight is 380 g/mol. The van der Waals surface area contributed by atoms with E-state index in [-0.39, 0.29) is 24.2 Å². The zero-order valence-electron chi connectivity index (χ0n) is 15.8. The third kappa shape index (κ3) is 5.36. The number of anilines is 3. The molecule has 4 atom stereocenters. The molecule has 3 rings (SSSR count). The zero-order valence-corrected chi connectivity index (χ0v) is 15.8. The van der Waals surface area contributed by atoms with Crippen LogP contribution < -0.4 is 43.8 Å². The largest absolute Gasteiger partial charge is 0.354 e. The Morgan fingerprint density at radius 1 is 0.778 bits per heavy atom. The molecule has 152 valence electrons. The molecule has 1 aromatic rings. The highest BCUT2D eigenvalue weighted by Crippen LogP contribution is 2.22. The van der Waals surface area contributed by atoms with Gasteiger partial charge in [0.25, 0.3) is 0 Å². The van der Waals surface area contributed by atoms with E-state index in [4.69, 9.17) is 28.7 Å². The zero-order chi connectivity index (χ0) is 19.4. The van der Waals surface area contributed by atoms with Gasteiger partial charge >= 0.3 is 0 Å². The second-order valence-corrected chi connectivity index (χ2v) is 7.65. The van der Waals surface area contributed by atoms with Crippen molar-refractivity contribution in [3.8, 4) is 0 Å². The third-order valence-electron chi connectivity index (χ3n) is 4.87. The summed E-state index contributed by atoms with van der Waals surface area (Å²) in [5.41, 5.74) is 30.1. The Morgan fingerprint density at radius 3 is 1.63 bits per heavy atom. The maximum absolute atomic E-state index is 6.14. The molecule has 0 radical (unpaired) electrons. The van der Waals surface area contributed by atoms with Crippen LogP contribution in [0.1, 0.15) is 19.3 Å². The normalized spacial score (nSPS) is 29.1. The first-order valence-electron chi connectivity index (χ1n) is 9.66. The van der Waals surface area contributed by atoms with Crippen LogP contribution in [0, 0.1) is 0 Å². The molecule has 3 heterocycles. The van der Waals surface area contributed by atoms with Crippen molar-refractivity contribution in [3.05, 3.63) is 0 Å². The molecule has 0 spiro atoms. The van der Waals surface area contributed by atoms with Gasteiger partial charge in [-0.1, -0.05) is 0 Å². The Bertz CT molecular complexity index is 548. The Morgan fingerprint density at radius 2 is 1.22 bits per heavy atom. The number of nitrogens with one attached hydrogen (secondary N) is 1. The number of nitrogens with two attached hydrogens (primary N) is 5. The van der Waals surface area contributed by atoms with E-state index >= 15 is 0 Å². The predicted octanol–water partition coefficient (Wildman–Crippen LogP) is -2.64. The summed E-state index contributed by atoms with van der Waals surface area (Å²) in [6.45, 7) is 3.95. The number of hydrogen-bond donors (Lipinski definition) is 6. The van der Waals surface area contributed by atoms with Crippen LogP contribution in [0.25, 0.3) is 0 Å². The SMILES string of the molecule is NCCCNc1nc(N2CC(N)CC(N)C2)nc(N2CC(N)CC(N)C2)n1. The molecule has 2 fully saturated rings. The van der Waals surface area contributed by atoms with E-state index in [1.165, 1.54) is 0 Å². The molecule has 2 aliphatic rings. The monoisotopic (exact) mass is 379 g/mol. The van der Waals surface area contributed by atoms with Gasteiger partial charge in [-0.25, -0.2) is 0 Å².